The average molecular weight is 350 g/mol. The van der Waals surface area contributed by atoms with Gasteiger partial charge in [-0.3, -0.25) is 9.59 Å². The fraction of sp³-hybridized carbons (Fsp3) is 0.294. The summed E-state index contributed by atoms with van der Waals surface area (Å²) in [6.45, 7) is 1.76. The number of methoxy groups -OCH3 is 1. The summed E-state index contributed by atoms with van der Waals surface area (Å²) < 4.78 is 7.17. The van der Waals surface area contributed by atoms with Gasteiger partial charge in [-0.15, -0.1) is 0 Å². The van der Waals surface area contributed by atoms with Gasteiger partial charge in [-0.25, -0.2) is 0 Å². The van der Waals surface area contributed by atoms with E-state index >= 15 is 0 Å². The van der Waals surface area contributed by atoms with Crippen molar-refractivity contribution in [2.75, 3.05) is 14.2 Å². The predicted octanol–water partition coefficient (Wildman–Crippen LogP) is 2.39. The van der Waals surface area contributed by atoms with Gasteiger partial charge in [0, 0.05) is 38.0 Å². The smallest absolute Gasteiger partial charge is 0.255 e. The molecule has 1 atom stereocenters. The number of nitrogens with one attached hydrogen (secondary N) is 2. The lowest BCUT2D eigenvalue weighted by Crippen LogP contribution is -2.36. The number of rotatable bonds is 6. The highest BCUT2D eigenvalue weighted by Crippen LogP contribution is 2.30. The van der Waals surface area contributed by atoms with Crippen LogP contribution in [0.5, 0.6) is 5.75 Å². The summed E-state index contributed by atoms with van der Waals surface area (Å²) in [7, 11) is 3.05. The van der Waals surface area contributed by atoms with Gasteiger partial charge in [0.2, 0.25) is 5.91 Å². The van der Waals surface area contributed by atoms with Gasteiger partial charge in [0.05, 0.1) is 23.4 Å². The lowest BCUT2D eigenvalue weighted by molar-refractivity contribution is -0.120. The molecule has 0 radical (unpaired) electrons. The Labute approximate surface area is 145 Å². The van der Waals surface area contributed by atoms with Crippen LogP contribution in [0.15, 0.2) is 36.7 Å². The number of benzene rings is 1. The molecule has 1 aromatic heterocycles. The number of carbonyl (C=O) groups excluding carboxylic acids is 2. The third-order valence-electron chi connectivity index (χ3n) is 3.54. The molecule has 1 unspecified atom stereocenters. The van der Waals surface area contributed by atoms with E-state index in [2.05, 4.69) is 10.6 Å². The Morgan fingerprint density at radius 2 is 1.96 bits per heavy atom. The van der Waals surface area contributed by atoms with Crippen molar-refractivity contribution in [3.63, 3.8) is 0 Å². The molecule has 0 saturated heterocycles. The number of halogens is 1. The van der Waals surface area contributed by atoms with E-state index < -0.39 is 0 Å². The van der Waals surface area contributed by atoms with Crippen LogP contribution in [0.1, 0.15) is 23.7 Å². The Hall–Kier alpha value is -2.47. The molecule has 6 nitrogen and oxygen atoms in total. The molecule has 0 bridgehead atoms. The van der Waals surface area contributed by atoms with E-state index in [0.29, 0.717) is 22.0 Å². The highest BCUT2D eigenvalue weighted by molar-refractivity contribution is 6.33. The van der Waals surface area contributed by atoms with Gasteiger partial charge in [0.15, 0.2) is 0 Å². The van der Waals surface area contributed by atoms with Crippen LogP contribution in [0.3, 0.4) is 0 Å². The van der Waals surface area contributed by atoms with Gasteiger partial charge in [-0.05, 0) is 25.1 Å². The molecule has 0 fully saturated rings. The molecule has 2 N–H and O–H groups in total. The fourth-order valence-corrected chi connectivity index (χ4v) is 2.58. The largest absolute Gasteiger partial charge is 0.496 e. The Balaban J connectivity index is 2.25. The molecule has 0 spiro atoms. The van der Waals surface area contributed by atoms with Gasteiger partial charge in [-0.2, -0.15) is 0 Å². The lowest BCUT2D eigenvalue weighted by atomic mass is 10.1. The number of ether oxygens (including phenoxy) is 1. The summed E-state index contributed by atoms with van der Waals surface area (Å²) in [5, 5.41) is 5.72. The lowest BCUT2D eigenvalue weighted by Gasteiger charge is -2.16. The predicted molar refractivity (Wildman–Crippen MR) is 92.9 cm³/mol. The van der Waals surface area contributed by atoms with Crippen molar-refractivity contribution >= 4 is 23.4 Å². The summed E-state index contributed by atoms with van der Waals surface area (Å²) in [5.74, 6) is -0.0762. The minimum Gasteiger partial charge on any atom is -0.496 e. The molecular weight excluding hydrogens is 330 g/mol. The monoisotopic (exact) mass is 349 g/mol. The number of aromatic nitrogens is 1. The van der Waals surface area contributed by atoms with Gasteiger partial charge in [0.25, 0.3) is 5.91 Å². The third-order valence-corrected chi connectivity index (χ3v) is 3.85. The molecule has 128 valence electrons. The second-order valence-corrected chi connectivity index (χ2v) is 5.75. The van der Waals surface area contributed by atoms with E-state index in [4.69, 9.17) is 16.3 Å². The van der Waals surface area contributed by atoms with Crippen LogP contribution in [0.4, 0.5) is 0 Å². The van der Waals surface area contributed by atoms with E-state index in [9.17, 15) is 9.59 Å². The minimum absolute atomic E-state index is 0.143. The summed E-state index contributed by atoms with van der Waals surface area (Å²) in [6.07, 6.45) is 3.90. The first-order valence-electron chi connectivity index (χ1n) is 7.48. The first kappa shape index (κ1) is 17.9. The Morgan fingerprint density at radius 1 is 1.29 bits per heavy atom. The maximum Gasteiger partial charge on any atom is 0.255 e. The summed E-state index contributed by atoms with van der Waals surface area (Å²) in [5.41, 5.74) is 1.04. The Kier molecular flexibility index (Phi) is 5.87. The first-order chi connectivity index (χ1) is 11.5. The molecule has 1 heterocycles. The van der Waals surface area contributed by atoms with E-state index in [-0.39, 0.29) is 24.3 Å². The standard InChI is InChI=1S/C17H20ClN3O3/c1-11(8-16(22)19-2)20-17(23)12-9-13(18)14(10-15(12)24-3)21-6-4-5-7-21/h4-7,9-11H,8H2,1-3H3,(H,19,22)(H,20,23). The van der Waals surface area contributed by atoms with Crippen molar-refractivity contribution < 1.29 is 14.3 Å². The van der Waals surface area contributed by atoms with Crippen molar-refractivity contribution in [2.45, 2.75) is 19.4 Å². The average Bonchev–Trinajstić information content (AvgIpc) is 3.08. The fourth-order valence-electron chi connectivity index (χ4n) is 2.31. The minimum atomic E-state index is -0.343. The molecule has 1 aromatic carbocycles. The van der Waals surface area contributed by atoms with Gasteiger partial charge < -0.3 is 19.9 Å². The quantitative estimate of drug-likeness (QED) is 0.841. The number of hydrogen-bond acceptors (Lipinski definition) is 3. The Morgan fingerprint density at radius 3 is 2.54 bits per heavy atom. The van der Waals surface area contributed by atoms with Crippen LogP contribution in [-0.2, 0) is 4.79 Å². The van der Waals surface area contributed by atoms with E-state index in [1.165, 1.54) is 7.11 Å². The first-order valence-corrected chi connectivity index (χ1v) is 7.86. The Bertz CT molecular complexity index is 729. The van der Waals surface area contributed by atoms with E-state index in [1.807, 2.05) is 29.1 Å². The van der Waals surface area contributed by atoms with Gasteiger partial charge in [-0.1, -0.05) is 11.6 Å². The summed E-state index contributed by atoms with van der Waals surface area (Å²) >= 11 is 6.32. The van der Waals surface area contributed by atoms with E-state index in [0.717, 1.165) is 0 Å². The molecule has 0 aliphatic rings. The zero-order valence-corrected chi connectivity index (χ0v) is 14.6. The number of hydrogen-bond donors (Lipinski definition) is 2. The zero-order valence-electron chi connectivity index (χ0n) is 13.8. The molecule has 2 aromatic rings. The number of nitrogens with zero attached hydrogens (tertiary/aromatic N) is 1. The van der Waals surface area contributed by atoms with Crippen LogP contribution in [-0.4, -0.2) is 36.6 Å². The number of amides is 2. The van der Waals surface area contributed by atoms with Crippen LogP contribution in [0.2, 0.25) is 5.02 Å². The second kappa shape index (κ2) is 7.88. The van der Waals surface area contributed by atoms with Crippen molar-refractivity contribution in [1.29, 1.82) is 0 Å². The molecule has 0 aliphatic carbocycles. The van der Waals surface area contributed by atoms with Crippen LogP contribution >= 0.6 is 11.6 Å². The molecule has 2 rings (SSSR count). The van der Waals surface area contributed by atoms with Gasteiger partial charge >= 0.3 is 0 Å². The SMILES string of the molecule is CNC(=O)CC(C)NC(=O)c1cc(Cl)c(-n2cccc2)cc1OC. The summed E-state index contributed by atoms with van der Waals surface area (Å²) in [4.78, 5) is 23.8. The normalized spacial score (nSPS) is 11.7. The maximum absolute atomic E-state index is 12.5. The number of carbonyl (C=O) groups is 2. The zero-order chi connectivity index (χ0) is 17.7. The third kappa shape index (κ3) is 4.08. The van der Waals surface area contributed by atoms with Crippen molar-refractivity contribution in [3.8, 4) is 11.4 Å². The van der Waals surface area contributed by atoms with Gasteiger partial charge in [0.1, 0.15) is 5.75 Å². The molecular formula is C17H20ClN3O3. The molecule has 0 aliphatic heterocycles. The van der Waals surface area contributed by atoms with Crippen LogP contribution in [0.25, 0.3) is 5.69 Å². The van der Waals surface area contributed by atoms with E-state index in [1.54, 1.807) is 26.1 Å². The van der Waals surface area contributed by atoms with Crippen molar-refractivity contribution in [3.05, 3.63) is 47.2 Å². The van der Waals surface area contributed by atoms with Crippen molar-refractivity contribution in [2.24, 2.45) is 0 Å². The maximum atomic E-state index is 12.5. The van der Waals surface area contributed by atoms with Crippen LogP contribution in [0, 0.1) is 0 Å². The van der Waals surface area contributed by atoms with Crippen LogP contribution < -0.4 is 15.4 Å². The molecule has 24 heavy (non-hydrogen) atoms. The second-order valence-electron chi connectivity index (χ2n) is 5.35. The molecule has 2 amide bonds. The topological polar surface area (TPSA) is 72.4 Å². The molecule has 0 saturated carbocycles. The molecule has 7 heteroatoms. The highest BCUT2D eigenvalue weighted by atomic mass is 35.5. The van der Waals surface area contributed by atoms with Crippen molar-refractivity contribution in [1.82, 2.24) is 15.2 Å². The highest BCUT2D eigenvalue weighted by Gasteiger charge is 2.19. The summed E-state index contributed by atoms with van der Waals surface area (Å²) in [6, 6.07) is 6.72.